The predicted octanol–water partition coefficient (Wildman–Crippen LogP) is 2.24. The Hall–Kier alpha value is -1.98. The van der Waals surface area contributed by atoms with Crippen molar-refractivity contribution in [3.05, 3.63) is 53.5 Å². The molecule has 0 radical (unpaired) electrons. The summed E-state index contributed by atoms with van der Waals surface area (Å²) in [6, 6.07) is 12.4. The van der Waals surface area contributed by atoms with Crippen LogP contribution in [0.3, 0.4) is 0 Å². The third-order valence-electron chi connectivity index (χ3n) is 3.46. The van der Waals surface area contributed by atoms with Crippen LogP contribution in [0.15, 0.2) is 36.4 Å². The molecule has 0 fully saturated rings. The minimum absolute atomic E-state index is 0.807. The molecule has 5 nitrogen and oxygen atoms in total. The molecule has 124 valence electrons. The molecule has 5 heteroatoms. The summed E-state index contributed by atoms with van der Waals surface area (Å²) in [6.07, 6.45) is 0. The van der Waals surface area contributed by atoms with E-state index in [2.05, 4.69) is 66.3 Å². The van der Waals surface area contributed by atoms with Crippen LogP contribution in [0.1, 0.15) is 17.1 Å². The first-order chi connectivity index (χ1) is 10.9. The summed E-state index contributed by atoms with van der Waals surface area (Å²) in [4.78, 5) is 15.8. The summed E-state index contributed by atoms with van der Waals surface area (Å²) >= 11 is 0. The van der Waals surface area contributed by atoms with E-state index >= 15 is 0 Å². The van der Waals surface area contributed by atoms with Gasteiger partial charge in [-0.2, -0.15) is 0 Å². The van der Waals surface area contributed by atoms with E-state index in [4.69, 9.17) is 4.98 Å². The Bertz CT molecular complexity index is 624. The van der Waals surface area contributed by atoms with Crippen LogP contribution in [-0.2, 0) is 19.6 Å². The molecule has 2 aromatic heterocycles. The monoisotopic (exact) mass is 313 g/mol. The maximum absolute atomic E-state index is 4.73. The Labute approximate surface area is 139 Å². The van der Waals surface area contributed by atoms with Crippen molar-refractivity contribution in [2.24, 2.45) is 0 Å². The van der Waals surface area contributed by atoms with Crippen molar-refractivity contribution < 1.29 is 0 Å². The minimum atomic E-state index is 0.807. The lowest BCUT2D eigenvalue weighted by molar-refractivity contribution is 0.310. The first-order valence-electron chi connectivity index (χ1n) is 7.85. The van der Waals surface area contributed by atoms with Gasteiger partial charge in [-0.1, -0.05) is 12.1 Å². The molecule has 0 atom stereocenters. The Morgan fingerprint density at radius 2 is 1.22 bits per heavy atom. The van der Waals surface area contributed by atoms with E-state index in [-0.39, 0.29) is 0 Å². The van der Waals surface area contributed by atoms with Crippen molar-refractivity contribution in [2.45, 2.75) is 19.6 Å². The molecule has 0 aliphatic rings. The SMILES string of the molecule is CN(C)Cc1cccc(CN(C)Cc2cccc(N(C)C)n2)n1. The molecule has 2 rings (SSSR count). The zero-order valence-electron chi connectivity index (χ0n) is 14.8. The first-order valence-corrected chi connectivity index (χ1v) is 7.85. The van der Waals surface area contributed by atoms with Crippen LogP contribution in [-0.4, -0.2) is 55.0 Å². The molecular weight excluding hydrogens is 286 g/mol. The molecule has 23 heavy (non-hydrogen) atoms. The van der Waals surface area contributed by atoms with Gasteiger partial charge in [0.1, 0.15) is 5.82 Å². The second-order valence-electron chi connectivity index (χ2n) is 6.41. The molecule has 2 aromatic rings. The summed E-state index contributed by atoms with van der Waals surface area (Å²) in [5, 5.41) is 0. The third kappa shape index (κ3) is 5.62. The van der Waals surface area contributed by atoms with Crippen LogP contribution in [0, 0.1) is 0 Å². The molecule has 0 bridgehead atoms. The third-order valence-corrected chi connectivity index (χ3v) is 3.46. The second kappa shape index (κ2) is 8.04. The van der Waals surface area contributed by atoms with Crippen molar-refractivity contribution in [3.63, 3.8) is 0 Å². The molecule has 0 saturated heterocycles. The molecular formula is C18H27N5. The Morgan fingerprint density at radius 1 is 0.696 bits per heavy atom. The van der Waals surface area contributed by atoms with Gasteiger partial charge in [0.25, 0.3) is 0 Å². The van der Waals surface area contributed by atoms with Gasteiger partial charge < -0.3 is 9.80 Å². The average molecular weight is 313 g/mol. The van der Waals surface area contributed by atoms with Crippen molar-refractivity contribution >= 4 is 5.82 Å². The molecule has 0 aromatic carbocycles. The summed E-state index contributed by atoms with van der Waals surface area (Å²) < 4.78 is 0. The fourth-order valence-corrected chi connectivity index (χ4v) is 2.44. The summed E-state index contributed by atoms with van der Waals surface area (Å²) in [5.74, 6) is 0.988. The molecule has 0 N–H and O–H groups in total. The maximum Gasteiger partial charge on any atom is 0.128 e. The van der Waals surface area contributed by atoms with Crippen LogP contribution in [0.4, 0.5) is 5.82 Å². The number of hydrogen-bond donors (Lipinski definition) is 0. The zero-order valence-corrected chi connectivity index (χ0v) is 14.8. The molecule has 0 spiro atoms. The lowest BCUT2D eigenvalue weighted by Gasteiger charge is -2.18. The normalized spacial score (nSPS) is 11.3. The Morgan fingerprint density at radius 3 is 1.78 bits per heavy atom. The Kier molecular flexibility index (Phi) is 6.07. The summed E-state index contributed by atoms with van der Waals surface area (Å²) in [7, 11) is 10.2. The van der Waals surface area contributed by atoms with Crippen LogP contribution in [0.2, 0.25) is 0 Å². The van der Waals surface area contributed by atoms with Crippen molar-refractivity contribution in [1.82, 2.24) is 19.8 Å². The van der Waals surface area contributed by atoms with Crippen LogP contribution in [0.5, 0.6) is 0 Å². The second-order valence-corrected chi connectivity index (χ2v) is 6.41. The van der Waals surface area contributed by atoms with E-state index in [0.29, 0.717) is 0 Å². The highest BCUT2D eigenvalue weighted by Crippen LogP contribution is 2.11. The fourth-order valence-electron chi connectivity index (χ4n) is 2.44. The summed E-state index contributed by atoms with van der Waals surface area (Å²) in [6.45, 7) is 2.49. The van der Waals surface area contributed by atoms with Gasteiger partial charge in [0.2, 0.25) is 0 Å². The van der Waals surface area contributed by atoms with E-state index in [9.17, 15) is 0 Å². The zero-order chi connectivity index (χ0) is 16.8. The van der Waals surface area contributed by atoms with Crippen LogP contribution in [0.25, 0.3) is 0 Å². The van der Waals surface area contributed by atoms with Gasteiger partial charge in [-0.25, -0.2) is 4.98 Å². The van der Waals surface area contributed by atoms with Gasteiger partial charge in [-0.15, -0.1) is 0 Å². The molecule has 0 saturated carbocycles. The van der Waals surface area contributed by atoms with Crippen molar-refractivity contribution in [2.75, 3.05) is 40.1 Å². The van der Waals surface area contributed by atoms with Gasteiger partial charge in [-0.05, 0) is 45.4 Å². The maximum atomic E-state index is 4.73. The number of aromatic nitrogens is 2. The molecule has 0 aliphatic heterocycles. The number of pyridine rings is 2. The molecule has 0 aliphatic carbocycles. The standard InChI is InChI=1S/C18H27N5/c1-21(2)12-15-8-6-9-16(19-15)13-23(5)14-17-10-7-11-18(20-17)22(3)4/h6-11H,12-14H2,1-5H3. The van der Waals surface area contributed by atoms with Gasteiger partial charge >= 0.3 is 0 Å². The van der Waals surface area contributed by atoms with Crippen molar-refractivity contribution in [3.8, 4) is 0 Å². The smallest absolute Gasteiger partial charge is 0.128 e. The van der Waals surface area contributed by atoms with Crippen LogP contribution >= 0.6 is 0 Å². The average Bonchev–Trinajstić information content (AvgIpc) is 2.47. The number of rotatable bonds is 7. The molecule has 2 heterocycles. The topological polar surface area (TPSA) is 35.5 Å². The van der Waals surface area contributed by atoms with E-state index in [1.54, 1.807) is 0 Å². The highest BCUT2D eigenvalue weighted by atomic mass is 15.2. The van der Waals surface area contributed by atoms with Crippen molar-refractivity contribution in [1.29, 1.82) is 0 Å². The first kappa shape index (κ1) is 17.4. The van der Waals surface area contributed by atoms with Gasteiger partial charge in [0, 0.05) is 33.7 Å². The number of nitrogens with zero attached hydrogens (tertiary/aromatic N) is 5. The van der Waals surface area contributed by atoms with Gasteiger partial charge in [-0.3, -0.25) is 9.88 Å². The summed E-state index contributed by atoms with van der Waals surface area (Å²) in [5.41, 5.74) is 3.27. The van der Waals surface area contributed by atoms with E-state index < -0.39 is 0 Å². The number of hydrogen-bond acceptors (Lipinski definition) is 5. The van der Waals surface area contributed by atoms with Gasteiger partial charge in [0.15, 0.2) is 0 Å². The fraction of sp³-hybridized carbons (Fsp3) is 0.444. The molecule has 0 unspecified atom stereocenters. The predicted molar refractivity (Wildman–Crippen MR) is 95.4 cm³/mol. The van der Waals surface area contributed by atoms with E-state index in [1.165, 1.54) is 0 Å². The number of anilines is 1. The quantitative estimate of drug-likeness (QED) is 0.783. The van der Waals surface area contributed by atoms with Gasteiger partial charge in [0.05, 0.1) is 17.1 Å². The van der Waals surface area contributed by atoms with Crippen LogP contribution < -0.4 is 4.90 Å². The lowest BCUT2D eigenvalue weighted by atomic mass is 10.2. The highest BCUT2D eigenvalue weighted by Gasteiger charge is 2.06. The Balaban J connectivity index is 1.99. The minimum Gasteiger partial charge on any atom is -0.363 e. The largest absolute Gasteiger partial charge is 0.363 e. The van der Waals surface area contributed by atoms with E-state index in [0.717, 1.165) is 42.5 Å². The molecule has 0 amide bonds. The lowest BCUT2D eigenvalue weighted by Crippen LogP contribution is -2.20. The highest BCUT2D eigenvalue weighted by molar-refractivity contribution is 5.36. The van der Waals surface area contributed by atoms with E-state index in [1.807, 2.05) is 25.1 Å².